The molecule has 0 N–H and O–H groups in total. The second-order valence-electron chi connectivity index (χ2n) is 2.79. The van der Waals surface area contributed by atoms with Gasteiger partial charge in [0, 0.05) is 6.42 Å². The monoisotopic (exact) mass is 162 g/mol. The summed E-state index contributed by atoms with van der Waals surface area (Å²) >= 11 is 0. The first-order chi connectivity index (χ1) is 5.79. The van der Waals surface area contributed by atoms with Crippen LogP contribution in [0.25, 0.3) is 0 Å². The zero-order valence-electron chi connectivity index (χ0n) is 7.42. The molecule has 0 amide bonds. The van der Waals surface area contributed by atoms with Crippen LogP contribution < -0.4 is 0 Å². The Labute approximate surface area is 73.7 Å². The number of allylic oxidation sites excluding steroid dienone is 1. The standard InChI is InChI=1S/C11H14O/c1-10(2)12-9-8-11-6-4-3-5-7-11/h3-7H,1,8-9H2,2H3. The third-order valence-corrected chi connectivity index (χ3v) is 1.58. The van der Waals surface area contributed by atoms with Gasteiger partial charge in [0.25, 0.3) is 0 Å². The van der Waals surface area contributed by atoms with Crippen molar-refractivity contribution in [1.82, 2.24) is 0 Å². The summed E-state index contributed by atoms with van der Waals surface area (Å²) < 4.78 is 5.25. The highest BCUT2D eigenvalue weighted by Crippen LogP contribution is 2.00. The van der Waals surface area contributed by atoms with Crippen LogP contribution >= 0.6 is 0 Å². The maximum atomic E-state index is 5.25. The van der Waals surface area contributed by atoms with Gasteiger partial charge in [-0.2, -0.15) is 0 Å². The lowest BCUT2D eigenvalue weighted by atomic mass is 10.2. The molecule has 1 aromatic carbocycles. The third kappa shape index (κ3) is 3.24. The molecule has 0 radical (unpaired) electrons. The van der Waals surface area contributed by atoms with E-state index in [0.29, 0.717) is 0 Å². The Balaban J connectivity index is 2.29. The minimum atomic E-state index is 0.722. The molecular weight excluding hydrogens is 148 g/mol. The first kappa shape index (κ1) is 8.85. The van der Waals surface area contributed by atoms with E-state index >= 15 is 0 Å². The Bertz CT molecular complexity index is 238. The SMILES string of the molecule is C=C(C)OCCc1ccccc1. The fraction of sp³-hybridized carbons (Fsp3) is 0.273. The molecule has 1 rings (SSSR count). The molecule has 0 saturated carbocycles. The molecule has 1 aromatic rings. The van der Waals surface area contributed by atoms with E-state index in [4.69, 9.17) is 4.74 Å². The molecule has 12 heavy (non-hydrogen) atoms. The summed E-state index contributed by atoms with van der Waals surface area (Å²) in [5.41, 5.74) is 1.30. The van der Waals surface area contributed by atoms with E-state index in [9.17, 15) is 0 Å². The Morgan fingerprint density at radius 1 is 1.33 bits per heavy atom. The van der Waals surface area contributed by atoms with Gasteiger partial charge in [-0.25, -0.2) is 0 Å². The van der Waals surface area contributed by atoms with E-state index in [1.165, 1.54) is 5.56 Å². The molecule has 0 heterocycles. The second kappa shape index (κ2) is 4.60. The maximum absolute atomic E-state index is 5.25. The Kier molecular flexibility index (Phi) is 3.39. The minimum Gasteiger partial charge on any atom is -0.499 e. The van der Waals surface area contributed by atoms with Gasteiger partial charge < -0.3 is 4.74 Å². The molecule has 1 heteroatoms. The molecule has 0 aliphatic carbocycles. The molecular formula is C11H14O. The van der Waals surface area contributed by atoms with Crippen molar-refractivity contribution in [2.45, 2.75) is 13.3 Å². The lowest BCUT2D eigenvalue weighted by Gasteiger charge is -2.04. The van der Waals surface area contributed by atoms with Gasteiger partial charge in [0.05, 0.1) is 12.4 Å². The van der Waals surface area contributed by atoms with Gasteiger partial charge in [-0.3, -0.25) is 0 Å². The summed E-state index contributed by atoms with van der Waals surface area (Å²) in [4.78, 5) is 0. The Hall–Kier alpha value is -1.24. The minimum absolute atomic E-state index is 0.722. The largest absolute Gasteiger partial charge is 0.499 e. The molecule has 0 aromatic heterocycles. The van der Waals surface area contributed by atoms with Crippen molar-refractivity contribution in [2.75, 3.05) is 6.61 Å². The van der Waals surface area contributed by atoms with Crippen molar-refractivity contribution >= 4 is 0 Å². The van der Waals surface area contributed by atoms with Gasteiger partial charge >= 0.3 is 0 Å². The van der Waals surface area contributed by atoms with Gasteiger partial charge in [-0.1, -0.05) is 36.9 Å². The average molecular weight is 162 g/mol. The Morgan fingerprint density at radius 2 is 2.00 bits per heavy atom. The molecule has 0 fully saturated rings. The van der Waals surface area contributed by atoms with Crippen LogP contribution in [0, 0.1) is 0 Å². The van der Waals surface area contributed by atoms with Crippen LogP contribution in [0.2, 0.25) is 0 Å². The maximum Gasteiger partial charge on any atom is 0.0917 e. The van der Waals surface area contributed by atoms with E-state index in [1.807, 2.05) is 25.1 Å². The van der Waals surface area contributed by atoms with Crippen molar-refractivity contribution in [3.63, 3.8) is 0 Å². The summed E-state index contributed by atoms with van der Waals surface area (Å²) in [5.74, 6) is 0.783. The van der Waals surface area contributed by atoms with Crippen LogP contribution in [0.3, 0.4) is 0 Å². The highest BCUT2D eigenvalue weighted by molar-refractivity contribution is 5.14. The highest BCUT2D eigenvalue weighted by Gasteiger charge is 1.90. The molecule has 0 bridgehead atoms. The quantitative estimate of drug-likeness (QED) is 0.618. The number of ether oxygens (including phenoxy) is 1. The highest BCUT2D eigenvalue weighted by atomic mass is 16.5. The molecule has 0 aliphatic rings. The van der Waals surface area contributed by atoms with Crippen molar-refractivity contribution in [3.05, 3.63) is 48.2 Å². The normalized spacial score (nSPS) is 9.42. The van der Waals surface area contributed by atoms with Crippen LogP contribution in [0.4, 0.5) is 0 Å². The van der Waals surface area contributed by atoms with E-state index in [1.54, 1.807) is 0 Å². The number of hydrogen-bond donors (Lipinski definition) is 0. The molecule has 64 valence electrons. The average Bonchev–Trinajstić information content (AvgIpc) is 2.05. The van der Waals surface area contributed by atoms with E-state index in [-0.39, 0.29) is 0 Å². The lowest BCUT2D eigenvalue weighted by Crippen LogP contribution is -1.95. The number of benzene rings is 1. The smallest absolute Gasteiger partial charge is 0.0917 e. The van der Waals surface area contributed by atoms with Crippen molar-refractivity contribution in [3.8, 4) is 0 Å². The van der Waals surface area contributed by atoms with Crippen LogP contribution in [0.15, 0.2) is 42.7 Å². The second-order valence-corrected chi connectivity index (χ2v) is 2.79. The predicted molar refractivity (Wildman–Crippen MR) is 50.9 cm³/mol. The summed E-state index contributed by atoms with van der Waals surface area (Å²) in [6.07, 6.45) is 0.952. The molecule has 0 saturated heterocycles. The van der Waals surface area contributed by atoms with Crippen molar-refractivity contribution in [2.24, 2.45) is 0 Å². The molecule has 1 nitrogen and oxygen atoms in total. The molecule has 0 aliphatic heterocycles. The summed E-state index contributed by atoms with van der Waals surface area (Å²) in [5, 5.41) is 0. The first-order valence-electron chi connectivity index (χ1n) is 4.11. The van der Waals surface area contributed by atoms with E-state index in [2.05, 4.69) is 18.7 Å². The van der Waals surface area contributed by atoms with Gasteiger partial charge in [-0.05, 0) is 12.5 Å². The van der Waals surface area contributed by atoms with Crippen LogP contribution in [0.5, 0.6) is 0 Å². The van der Waals surface area contributed by atoms with E-state index in [0.717, 1.165) is 18.8 Å². The molecule has 0 unspecified atom stereocenters. The summed E-state index contributed by atoms with van der Waals surface area (Å²) in [7, 11) is 0. The fourth-order valence-corrected chi connectivity index (χ4v) is 0.988. The van der Waals surface area contributed by atoms with Gasteiger partial charge in [0.15, 0.2) is 0 Å². The van der Waals surface area contributed by atoms with Crippen molar-refractivity contribution in [1.29, 1.82) is 0 Å². The first-order valence-corrected chi connectivity index (χ1v) is 4.11. The van der Waals surface area contributed by atoms with Crippen LogP contribution in [-0.2, 0) is 11.2 Å². The summed E-state index contributed by atoms with van der Waals surface area (Å²) in [6, 6.07) is 10.3. The Morgan fingerprint density at radius 3 is 2.58 bits per heavy atom. The number of hydrogen-bond acceptors (Lipinski definition) is 1. The van der Waals surface area contributed by atoms with Gasteiger partial charge in [-0.15, -0.1) is 0 Å². The van der Waals surface area contributed by atoms with Crippen molar-refractivity contribution < 1.29 is 4.74 Å². The van der Waals surface area contributed by atoms with Crippen LogP contribution in [0.1, 0.15) is 12.5 Å². The third-order valence-electron chi connectivity index (χ3n) is 1.58. The topological polar surface area (TPSA) is 9.23 Å². The lowest BCUT2D eigenvalue weighted by molar-refractivity contribution is 0.219. The van der Waals surface area contributed by atoms with Crippen LogP contribution in [-0.4, -0.2) is 6.61 Å². The van der Waals surface area contributed by atoms with Gasteiger partial charge in [0.2, 0.25) is 0 Å². The predicted octanol–water partition coefficient (Wildman–Crippen LogP) is 2.78. The zero-order chi connectivity index (χ0) is 8.81. The molecule has 0 atom stereocenters. The zero-order valence-corrected chi connectivity index (χ0v) is 7.42. The molecule has 0 spiro atoms. The van der Waals surface area contributed by atoms with Gasteiger partial charge in [0.1, 0.15) is 0 Å². The fourth-order valence-electron chi connectivity index (χ4n) is 0.988. The number of rotatable bonds is 4. The van der Waals surface area contributed by atoms with E-state index < -0.39 is 0 Å². The summed E-state index contributed by atoms with van der Waals surface area (Å²) in [6.45, 7) is 6.25.